The van der Waals surface area contributed by atoms with E-state index in [1.165, 1.54) is 24.3 Å². The Morgan fingerprint density at radius 1 is 0.935 bits per heavy atom. The Kier molecular flexibility index (Phi) is 8.99. The number of ether oxygens (including phenoxy) is 1. The Labute approximate surface area is 263 Å². The molecule has 0 saturated heterocycles. The second-order valence-electron chi connectivity index (χ2n) is 11.6. The van der Waals surface area contributed by atoms with E-state index >= 15 is 0 Å². The number of amides is 2. The van der Waals surface area contributed by atoms with Crippen LogP contribution in [0.4, 0.5) is 14.9 Å². The number of carboxylic acid groups (broad SMARTS) is 1. The molecule has 0 aliphatic heterocycles. The van der Waals surface area contributed by atoms with Crippen molar-refractivity contribution in [1.29, 1.82) is 0 Å². The van der Waals surface area contributed by atoms with Crippen LogP contribution in [0.2, 0.25) is 0 Å². The number of hydrogen-bond donors (Lipinski definition) is 3. The number of nitrogens with one attached hydrogen (secondary N) is 2. The van der Waals surface area contributed by atoms with Gasteiger partial charge in [0.1, 0.15) is 23.2 Å². The summed E-state index contributed by atoms with van der Waals surface area (Å²) >= 11 is 0. The van der Waals surface area contributed by atoms with Crippen molar-refractivity contribution in [2.24, 2.45) is 0 Å². The molecule has 11 nitrogen and oxygen atoms in total. The lowest BCUT2D eigenvalue weighted by atomic mass is 10.0. The van der Waals surface area contributed by atoms with Crippen molar-refractivity contribution >= 4 is 23.7 Å². The molecule has 0 unspecified atom stereocenters. The molecule has 0 radical (unpaired) electrons. The third kappa shape index (κ3) is 8.03. The van der Waals surface area contributed by atoms with E-state index < -0.39 is 35.4 Å². The maximum absolute atomic E-state index is 14.7. The van der Waals surface area contributed by atoms with Crippen LogP contribution in [-0.2, 0) is 16.0 Å². The first-order valence-corrected chi connectivity index (χ1v) is 14.3. The summed E-state index contributed by atoms with van der Waals surface area (Å²) in [6.07, 6.45) is -0.825. The van der Waals surface area contributed by atoms with Gasteiger partial charge in [0.05, 0.1) is 0 Å². The van der Waals surface area contributed by atoms with Crippen LogP contribution in [0.15, 0.2) is 87.8 Å². The Hall–Kier alpha value is -5.78. The van der Waals surface area contributed by atoms with E-state index in [0.29, 0.717) is 17.0 Å². The molecule has 0 saturated carbocycles. The van der Waals surface area contributed by atoms with Crippen molar-refractivity contribution in [1.82, 2.24) is 15.5 Å². The van der Waals surface area contributed by atoms with Gasteiger partial charge in [0.2, 0.25) is 5.82 Å². The number of hydrogen-bond acceptors (Lipinski definition) is 8. The number of nitrogens with zero attached hydrogens (tertiary/aromatic N) is 2. The van der Waals surface area contributed by atoms with Gasteiger partial charge < -0.3 is 24.1 Å². The molecular formula is C34H31FN4O7. The number of aryl methyl sites for hydroxylation is 1. The molecule has 2 amide bonds. The average molecular weight is 627 g/mol. The van der Waals surface area contributed by atoms with E-state index in [2.05, 4.69) is 20.8 Å². The third-order valence-electron chi connectivity index (χ3n) is 6.63. The molecule has 0 aliphatic carbocycles. The minimum Gasteiger partial charge on any atom is -0.480 e. The first kappa shape index (κ1) is 31.6. The summed E-state index contributed by atoms with van der Waals surface area (Å²) in [4.78, 5) is 41.3. The minimum atomic E-state index is -1.39. The number of furan rings is 1. The molecule has 46 heavy (non-hydrogen) atoms. The van der Waals surface area contributed by atoms with Gasteiger partial charge >= 0.3 is 12.1 Å². The number of aromatic nitrogens is 2. The topological polar surface area (TPSA) is 157 Å². The average Bonchev–Trinajstić information content (AvgIpc) is 3.67. The maximum Gasteiger partial charge on any atom is 0.412 e. The van der Waals surface area contributed by atoms with E-state index in [0.717, 1.165) is 11.1 Å². The van der Waals surface area contributed by atoms with Gasteiger partial charge in [-0.05, 0) is 87.9 Å². The van der Waals surface area contributed by atoms with Gasteiger partial charge in [-0.3, -0.25) is 10.1 Å². The minimum absolute atomic E-state index is 0.0604. The summed E-state index contributed by atoms with van der Waals surface area (Å²) in [5, 5.41) is 18.9. The molecule has 0 aliphatic rings. The summed E-state index contributed by atoms with van der Waals surface area (Å²) in [5.41, 5.74) is 2.76. The Morgan fingerprint density at radius 2 is 1.63 bits per heavy atom. The van der Waals surface area contributed by atoms with Crippen molar-refractivity contribution in [2.75, 3.05) is 5.32 Å². The molecule has 0 fully saturated rings. The van der Waals surface area contributed by atoms with Crippen LogP contribution >= 0.6 is 0 Å². The first-order chi connectivity index (χ1) is 21.8. The normalized spacial score (nSPS) is 11.9. The molecule has 12 heteroatoms. The van der Waals surface area contributed by atoms with Crippen molar-refractivity contribution in [3.05, 3.63) is 102 Å². The van der Waals surface area contributed by atoms with E-state index in [1.54, 1.807) is 51.1 Å². The zero-order chi connectivity index (χ0) is 33.0. The zero-order valence-electron chi connectivity index (χ0n) is 25.5. The van der Waals surface area contributed by atoms with Crippen molar-refractivity contribution in [3.8, 4) is 34.2 Å². The number of benzene rings is 3. The molecule has 2 aromatic heterocycles. The number of carbonyl (C=O) groups excluding carboxylic acids is 2. The van der Waals surface area contributed by atoms with Crippen LogP contribution in [0, 0.1) is 12.7 Å². The molecule has 3 N–H and O–H groups in total. The second kappa shape index (κ2) is 13.1. The highest BCUT2D eigenvalue weighted by Crippen LogP contribution is 2.26. The standard InChI is InChI=1S/C34H31FN4O7/c1-19-5-7-21(8-6-19)27-13-14-28(44-27)30(40)37-26(32(41)42)17-20-15-23(18-24(35)16-20)29-38-31(46-39-29)22-9-11-25(12-10-22)36-33(43)45-34(2,3)4/h5-16,18,26H,17H2,1-4H3,(H,36,43)(H,37,40)(H,41,42)/t26-/m1/s1. The summed E-state index contributed by atoms with van der Waals surface area (Å²) in [7, 11) is 0. The Balaban J connectivity index is 1.27. The number of rotatable bonds is 9. The van der Waals surface area contributed by atoms with Crippen LogP contribution in [-0.4, -0.2) is 44.9 Å². The van der Waals surface area contributed by atoms with Crippen LogP contribution in [0.5, 0.6) is 0 Å². The highest BCUT2D eigenvalue weighted by atomic mass is 19.1. The predicted molar refractivity (Wildman–Crippen MR) is 166 cm³/mol. The van der Waals surface area contributed by atoms with Gasteiger partial charge in [0.25, 0.3) is 11.8 Å². The molecule has 5 aromatic rings. The van der Waals surface area contributed by atoms with Gasteiger partial charge in [-0.2, -0.15) is 4.98 Å². The van der Waals surface area contributed by atoms with Gasteiger partial charge in [0.15, 0.2) is 5.76 Å². The monoisotopic (exact) mass is 626 g/mol. The van der Waals surface area contributed by atoms with Gasteiger partial charge in [0, 0.05) is 28.8 Å². The van der Waals surface area contributed by atoms with Crippen molar-refractivity contribution < 1.29 is 37.6 Å². The SMILES string of the molecule is Cc1ccc(-c2ccc(C(=O)N[C@H](Cc3cc(F)cc(-c4noc(-c5ccc(NC(=O)OC(C)(C)C)cc5)n4)c3)C(=O)O)o2)cc1. The number of aliphatic carboxylic acids is 1. The molecule has 1 atom stereocenters. The fourth-order valence-electron chi connectivity index (χ4n) is 4.47. The molecule has 2 heterocycles. The van der Waals surface area contributed by atoms with Crippen LogP contribution < -0.4 is 10.6 Å². The summed E-state index contributed by atoms with van der Waals surface area (Å²) in [6, 6.07) is 19.7. The van der Waals surface area contributed by atoms with E-state index in [-0.39, 0.29) is 35.0 Å². The fraction of sp³-hybridized carbons (Fsp3) is 0.206. The van der Waals surface area contributed by atoms with Crippen molar-refractivity contribution in [2.45, 2.75) is 45.8 Å². The van der Waals surface area contributed by atoms with Crippen LogP contribution in [0.25, 0.3) is 34.2 Å². The lowest BCUT2D eigenvalue weighted by molar-refractivity contribution is -0.139. The predicted octanol–water partition coefficient (Wildman–Crippen LogP) is 6.88. The van der Waals surface area contributed by atoms with Crippen molar-refractivity contribution in [3.63, 3.8) is 0 Å². The van der Waals surface area contributed by atoms with Gasteiger partial charge in [-0.15, -0.1) is 0 Å². The molecular weight excluding hydrogens is 595 g/mol. The van der Waals surface area contributed by atoms with E-state index in [4.69, 9.17) is 13.7 Å². The largest absolute Gasteiger partial charge is 0.480 e. The fourth-order valence-corrected chi connectivity index (χ4v) is 4.47. The van der Waals surface area contributed by atoms with Gasteiger partial charge in [-0.25, -0.2) is 14.0 Å². The molecule has 5 rings (SSSR count). The smallest absolute Gasteiger partial charge is 0.412 e. The second-order valence-corrected chi connectivity index (χ2v) is 11.6. The van der Waals surface area contributed by atoms with E-state index in [1.807, 2.05) is 31.2 Å². The van der Waals surface area contributed by atoms with Crippen LogP contribution in [0.1, 0.15) is 42.5 Å². The highest BCUT2D eigenvalue weighted by Gasteiger charge is 2.24. The summed E-state index contributed by atoms with van der Waals surface area (Å²) in [5.74, 6) is -2.07. The zero-order valence-corrected chi connectivity index (χ0v) is 25.5. The molecule has 236 valence electrons. The number of carboxylic acids is 1. The number of anilines is 1. The number of carbonyl (C=O) groups is 3. The van der Waals surface area contributed by atoms with E-state index in [9.17, 15) is 23.9 Å². The third-order valence-corrected chi connectivity index (χ3v) is 6.63. The molecule has 3 aromatic carbocycles. The lowest BCUT2D eigenvalue weighted by Crippen LogP contribution is -2.42. The summed E-state index contributed by atoms with van der Waals surface area (Å²) in [6.45, 7) is 7.24. The van der Waals surface area contributed by atoms with Crippen LogP contribution in [0.3, 0.4) is 0 Å². The van der Waals surface area contributed by atoms with Gasteiger partial charge in [-0.1, -0.05) is 35.0 Å². The maximum atomic E-state index is 14.7. The number of halogens is 1. The summed E-state index contributed by atoms with van der Waals surface area (Å²) < 4.78 is 31.0. The lowest BCUT2D eigenvalue weighted by Gasteiger charge is -2.19. The first-order valence-electron chi connectivity index (χ1n) is 14.3. The molecule has 0 spiro atoms. The highest BCUT2D eigenvalue weighted by molar-refractivity contribution is 5.95. The molecule has 0 bridgehead atoms. The quantitative estimate of drug-likeness (QED) is 0.159. The Bertz CT molecular complexity index is 1870. The Morgan fingerprint density at radius 3 is 2.30 bits per heavy atom.